The Morgan fingerprint density at radius 2 is 0.876 bits per heavy atom. The molecule has 4 saturated heterocycles. The van der Waals surface area contributed by atoms with Crippen LogP contribution in [-0.2, 0) is 14.3 Å². The second kappa shape index (κ2) is 44.9. The molecule has 14 rings (SSSR count). The van der Waals surface area contributed by atoms with Crippen LogP contribution in [-0.4, -0.2) is 237 Å². The Kier molecular flexibility index (Phi) is 34.2. The van der Waals surface area contributed by atoms with E-state index in [0.717, 1.165) is 106 Å². The molecular weight excluding hydrogens is 1650 g/mol. The fourth-order valence-electron chi connectivity index (χ4n) is 14.0. The number of aliphatic carboxylic acids is 1. The molecule has 8 aromatic rings. The molecule has 6 N–H and O–H groups in total. The van der Waals surface area contributed by atoms with Gasteiger partial charge < -0.3 is 56.0 Å². The summed E-state index contributed by atoms with van der Waals surface area (Å²) in [6.45, 7) is 22.9. The molecule has 6 aliphatic heterocycles. The molecule has 642 valence electrons. The molecule has 6 aliphatic rings. The molecule has 29 nitrogen and oxygen atoms in total. The molecule has 37 heteroatoms. The van der Waals surface area contributed by atoms with Gasteiger partial charge in [-0.1, -0.05) is 47.5 Å². The number of aliphatic imine (C=N–C) groups is 1. The summed E-state index contributed by atoms with van der Waals surface area (Å²) in [5, 5.41) is 57.7. The molecule has 0 aromatic heterocycles. The van der Waals surface area contributed by atoms with Gasteiger partial charge in [0.1, 0.15) is 44.8 Å². The number of anilines is 5. The van der Waals surface area contributed by atoms with Crippen molar-refractivity contribution >= 4 is 128 Å². The van der Waals surface area contributed by atoms with Gasteiger partial charge in [-0.25, -0.2) is 22.6 Å². The third-order valence-corrected chi connectivity index (χ3v) is 23.0. The van der Waals surface area contributed by atoms with Gasteiger partial charge in [-0.2, -0.15) is 0 Å². The van der Waals surface area contributed by atoms with E-state index in [1.807, 2.05) is 55.7 Å². The molecule has 0 saturated carbocycles. The fraction of sp³-hybridized carbons (Fsp3) is 0.357. The Morgan fingerprint density at radius 1 is 0.521 bits per heavy atom. The highest BCUT2D eigenvalue weighted by molar-refractivity contribution is 8.00. The van der Waals surface area contributed by atoms with Crippen molar-refractivity contribution < 1.29 is 66.1 Å². The standard InChI is InChI=1S/C22H25FN4O5S.C22H25FN4O2S.C20H22ClFN4O3.C10H12ClN3O2.C10H10FNO/c1-15(24-22(30)16-5-7-17(23)8-6-16)13-25-9-11-26(12-10-25)18-3-2-4-19(27(31)32)21(18)33-14-20(28)29;1-15(24-22(29)16-5-7-17(23)8-6-16)13-26-9-11-27(12-10-26)19-4-2-3-18-21(19)30-14-20(28)25-18;1-14(23-20(27)15-5-7-16(22)8-6-15)13-24-9-11-25(12-10-24)17-3-2-4-18(19(17)21)26(28)29;11-10-8(13-6-4-12-5-7-13)2-1-3-9(10)14(15)16;1-7-6-13-10(12-7)8-2-4-9(11)5-3-8/h2-8,15H,9-14H2,1H3,(H,24,30)(H,28,29);2-8,15H,9-14H2,1H3,(H,24,29)(H,25,28);2-8,14H,9-13H2,1H3,(H,23,27);1-3,12H,4-7H2;2-5,7H,6H2,1H3/t2*15-;14-;;7-/m111.1/s1. The van der Waals surface area contributed by atoms with E-state index in [2.05, 4.69) is 62.1 Å². The maximum absolute atomic E-state index is 13.0. The number of carbonyl (C=O) groups excluding carboxylic acids is 4. The summed E-state index contributed by atoms with van der Waals surface area (Å²) < 4.78 is 56.9. The van der Waals surface area contributed by atoms with Crippen molar-refractivity contribution in [1.29, 1.82) is 0 Å². The molecule has 0 bridgehead atoms. The largest absolute Gasteiger partial charge is 0.481 e. The SMILES string of the molecule is C[C@@H]1COC(c2ccc(F)cc2)=N1.C[C@H](CN1CCN(c2cccc([N+](=O)[O-])c2Cl)CC1)NC(=O)c1ccc(F)cc1.C[C@H](CN1CCN(c2cccc([N+](=O)[O-])c2SCC(=O)O)CC1)NC(=O)c1ccc(F)cc1.C[C@H](CN1CCN(c2cccc3c2SCC(=O)N3)CC1)NC(=O)c1ccc(F)cc1.O=[N+]([O-])c1cccc(N2CCNCC2)c1Cl. The number of carboxylic acid groups (broad SMARTS) is 1. The van der Waals surface area contributed by atoms with Gasteiger partial charge in [0.2, 0.25) is 11.8 Å². The topological polar surface area (TPSA) is 339 Å². The zero-order valence-corrected chi connectivity index (χ0v) is 70.0. The van der Waals surface area contributed by atoms with Crippen molar-refractivity contribution in [3.05, 3.63) is 256 Å². The van der Waals surface area contributed by atoms with Gasteiger partial charge in [0.25, 0.3) is 34.8 Å². The zero-order valence-electron chi connectivity index (χ0n) is 66.9. The van der Waals surface area contributed by atoms with E-state index in [1.165, 1.54) is 109 Å². The number of carbonyl (C=O) groups is 5. The number of amides is 4. The number of carboxylic acids is 1. The number of nitrogens with zero attached hydrogens (tertiary/aromatic N) is 11. The number of nitro benzene ring substituents is 3. The number of rotatable bonds is 23. The van der Waals surface area contributed by atoms with E-state index in [9.17, 15) is 71.9 Å². The zero-order chi connectivity index (χ0) is 86.8. The van der Waals surface area contributed by atoms with Crippen LogP contribution in [0, 0.1) is 53.6 Å². The lowest BCUT2D eigenvalue weighted by Gasteiger charge is -2.38. The Labute approximate surface area is 715 Å². The molecule has 4 amide bonds. The summed E-state index contributed by atoms with van der Waals surface area (Å²) >= 11 is 14.8. The first kappa shape index (κ1) is 92.1. The number of thioether (sulfide) groups is 2. The van der Waals surface area contributed by atoms with E-state index in [-0.39, 0.29) is 98.1 Å². The second-order valence-electron chi connectivity index (χ2n) is 29.1. The Balaban J connectivity index is 0.000000164. The second-order valence-corrected chi connectivity index (χ2v) is 31.9. The predicted octanol–water partition coefficient (Wildman–Crippen LogP) is 12.6. The first-order valence-corrected chi connectivity index (χ1v) is 41.8. The Bertz CT molecular complexity index is 4940. The van der Waals surface area contributed by atoms with Crippen LogP contribution in [0.1, 0.15) is 64.3 Å². The average molecular weight is 1750 g/mol. The van der Waals surface area contributed by atoms with Gasteiger partial charge in [0.15, 0.2) is 0 Å². The number of benzene rings is 8. The monoisotopic (exact) mass is 1740 g/mol. The van der Waals surface area contributed by atoms with E-state index in [1.54, 1.807) is 54.2 Å². The van der Waals surface area contributed by atoms with Gasteiger partial charge in [-0.15, -0.1) is 23.5 Å². The van der Waals surface area contributed by atoms with Crippen molar-refractivity contribution in [2.75, 3.05) is 167 Å². The van der Waals surface area contributed by atoms with Crippen LogP contribution in [0.3, 0.4) is 0 Å². The summed E-state index contributed by atoms with van der Waals surface area (Å²) in [6, 6.07) is 43.1. The molecule has 4 fully saturated rings. The van der Waals surface area contributed by atoms with Crippen LogP contribution >= 0.6 is 46.7 Å². The van der Waals surface area contributed by atoms with Crippen LogP contribution < -0.4 is 46.2 Å². The number of nitro groups is 3. The number of hydrogen-bond acceptors (Lipinski definition) is 23. The lowest BCUT2D eigenvalue weighted by molar-refractivity contribution is -0.387. The lowest BCUT2D eigenvalue weighted by atomic mass is 10.2. The van der Waals surface area contributed by atoms with E-state index >= 15 is 0 Å². The molecular formula is C84H94Cl2F4N16O13S2. The molecule has 0 spiro atoms. The van der Waals surface area contributed by atoms with Gasteiger partial charge >= 0.3 is 5.97 Å². The van der Waals surface area contributed by atoms with Gasteiger partial charge in [-0.05, 0) is 155 Å². The number of piperazine rings is 4. The maximum atomic E-state index is 13.0. The van der Waals surface area contributed by atoms with Crippen LogP contribution in [0.15, 0.2) is 185 Å². The highest BCUT2D eigenvalue weighted by Crippen LogP contribution is 2.42. The maximum Gasteiger partial charge on any atom is 0.313 e. The van der Waals surface area contributed by atoms with Crippen molar-refractivity contribution in [1.82, 2.24) is 36.0 Å². The number of hydrogen-bond donors (Lipinski definition) is 6. The summed E-state index contributed by atoms with van der Waals surface area (Å²) in [5.41, 5.74) is 6.04. The van der Waals surface area contributed by atoms with Crippen molar-refractivity contribution in [3.63, 3.8) is 0 Å². The summed E-state index contributed by atoms with van der Waals surface area (Å²) in [6.07, 6.45) is 0. The number of halogens is 6. The van der Waals surface area contributed by atoms with Crippen LogP contribution in [0.5, 0.6) is 0 Å². The fourth-order valence-corrected chi connectivity index (χ4v) is 16.5. The normalized spacial score (nSPS) is 16.7. The minimum atomic E-state index is -1.04. The molecule has 6 heterocycles. The lowest BCUT2D eigenvalue weighted by Crippen LogP contribution is -2.51. The van der Waals surface area contributed by atoms with E-state index in [0.29, 0.717) is 104 Å². The minimum Gasteiger partial charge on any atom is -0.481 e. The highest BCUT2D eigenvalue weighted by Gasteiger charge is 2.31. The molecule has 0 unspecified atom stereocenters. The number of fused-ring (bicyclic) bond motifs is 1. The third kappa shape index (κ3) is 27.2. The van der Waals surface area contributed by atoms with Gasteiger partial charge in [0.05, 0.1) is 65.6 Å². The Morgan fingerprint density at radius 3 is 1.26 bits per heavy atom. The van der Waals surface area contributed by atoms with Gasteiger partial charge in [-0.3, -0.25) is 69.0 Å². The molecule has 8 aromatic carbocycles. The van der Waals surface area contributed by atoms with Crippen LogP contribution in [0.25, 0.3) is 0 Å². The minimum absolute atomic E-state index is 0.00986. The van der Waals surface area contributed by atoms with Crippen molar-refractivity contribution in [2.45, 2.75) is 61.7 Å². The quantitative estimate of drug-likeness (QED) is 0.0150. The highest BCUT2D eigenvalue weighted by atomic mass is 35.5. The average Bonchev–Trinajstić information content (AvgIpc) is 1.36. The van der Waals surface area contributed by atoms with Crippen molar-refractivity contribution in [3.8, 4) is 0 Å². The van der Waals surface area contributed by atoms with Crippen LogP contribution in [0.4, 0.5) is 63.1 Å². The summed E-state index contributed by atoms with van der Waals surface area (Å²) in [7, 11) is 0. The molecule has 0 aliphatic carbocycles. The predicted molar refractivity (Wildman–Crippen MR) is 463 cm³/mol. The van der Waals surface area contributed by atoms with E-state index < -0.39 is 26.6 Å². The smallest absolute Gasteiger partial charge is 0.313 e. The summed E-state index contributed by atoms with van der Waals surface area (Å²) in [4.78, 5) is 112. The van der Waals surface area contributed by atoms with Gasteiger partial charge in [0, 0.05) is 183 Å². The number of ether oxygens (including phenoxy) is 1. The first-order chi connectivity index (χ1) is 58.0. The molecule has 0 radical (unpaired) electrons. The van der Waals surface area contributed by atoms with Crippen LogP contribution in [0.2, 0.25) is 10.0 Å². The molecule has 4 atom stereocenters. The van der Waals surface area contributed by atoms with E-state index in [4.69, 9.17) is 33.0 Å². The van der Waals surface area contributed by atoms with Crippen molar-refractivity contribution in [2.24, 2.45) is 4.99 Å². The number of nitrogens with one attached hydrogen (secondary N) is 5. The third-order valence-electron chi connectivity index (χ3n) is 20.0. The summed E-state index contributed by atoms with van der Waals surface area (Å²) in [5.74, 6) is -2.23. The Hall–Kier alpha value is -11.2. The first-order valence-electron chi connectivity index (χ1n) is 39.1. The molecule has 121 heavy (non-hydrogen) atoms.